The van der Waals surface area contributed by atoms with E-state index in [2.05, 4.69) is 5.10 Å². The Morgan fingerprint density at radius 2 is 2.00 bits per heavy atom. The molecule has 1 aromatic carbocycles. The predicted octanol–water partition coefficient (Wildman–Crippen LogP) is 2.54. The van der Waals surface area contributed by atoms with E-state index in [-0.39, 0.29) is 29.2 Å². The van der Waals surface area contributed by atoms with Crippen molar-refractivity contribution < 1.29 is 22.8 Å². The van der Waals surface area contributed by atoms with E-state index in [4.69, 9.17) is 4.74 Å². The Kier molecular flexibility index (Phi) is 4.58. The van der Waals surface area contributed by atoms with Crippen molar-refractivity contribution in [2.75, 3.05) is 7.11 Å². The van der Waals surface area contributed by atoms with Crippen LogP contribution >= 0.6 is 0 Å². The number of hydrogen-bond acceptors (Lipinski definition) is 5. The van der Waals surface area contributed by atoms with Crippen LogP contribution < -0.4 is 10.3 Å². The van der Waals surface area contributed by atoms with E-state index < -0.39 is 22.2 Å². The van der Waals surface area contributed by atoms with Gasteiger partial charge in [0.05, 0.1) is 24.3 Å². The summed E-state index contributed by atoms with van der Waals surface area (Å²) in [6, 6.07) is 4.51. The van der Waals surface area contributed by atoms with Gasteiger partial charge in [0, 0.05) is 6.07 Å². The molecule has 24 heavy (non-hydrogen) atoms. The van der Waals surface area contributed by atoms with Crippen molar-refractivity contribution in [1.29, 1.82) is 0 Å². The standard InChI is InChI=1S/C14H12F3N3O4/c1-8-5-10(14(15,16)17)13(21)19(18-8)7-9-3-4-12(24-2)11(6-9)20(22)23/h3-6H,7H2,1-2H3. The minimum Gasteiger partial charge on any atom is -0.490 e. The topological polar surface area (TPSA) is 87.3 Å². The van der Waals surface area contributed by atoms with E-state index in [0.717, 1.165) is 6.07 Å². The maximum atomic E-state index is 12.9. The molecule has 0 saturated heterocycles. The van der Waals surface area contributed by atoms with Crippen LogP contribution in [0.2, 0.25) is 0 Å². The first kappa shape index (κ1) is 17.4. The molecular formula is C14H12F3N3O4. The van der Waals surface area contributed by atoms with Gasteiger partial charge in [-0.1, -0.05) is 6.07 Å². The molecule has 0 bridgehead atoms. The SMILES string of the molecule is COc1ccc(Cn2nc(C)cc(C(F)(F)F)c2=O)cc1[N+](=O)[O-]. The average molecular weight is 343 g/mol. The highest BCUT2D eigenvalue weighted by atomic mass is 19.4. The molecule has 7 nitrogen and oxygen atoms in total. The maximum absolute atomic E-state index is 12.9. The lowest BCUT2D eigenvalue weighted by molar-refractivity contribution is -0.385. The lowest BCUT2D eigenvalue weighted by Crippen LogP contribution is -2.31. The number of ether oxygens (including phenoxy) is 1. The molecule has 0 N–H and O–H groups in total. The third-order valence-electron chi connectivity index (χ3n) is 3.17. The Balaban J connectivity index is 2.49. The van der Waals surface area contributed by atoms with Crippen molar-refractivity contribution in [2.24, 2.45) is 0 Å². The molecular weight excluding hydrogens is 331 g/mol. The van der Waals surface area contributed by atoms with Gasteiger partial charge in [-0.2, -0.15) is 18.3 Å². The molecule has 0 aliphatic heterocycles. The number of hydrogen-bond donors (Lipinski definition) is 0. The lowest BCUT2D eigenvalue weighted by atomic mass is 10.2. The van der Waals surface area contributed by atoms with E-state index in [1.807, 2.05) is 0 Å². The van der Waals surface area contributed by atoms with Gasteiger partial charge in [0.2, 0.25) is 0 Å². The highest BCUT2D eigenvalue weighted by molar-refractivity contribution is 5.48. The minimum absolute atomic E-state index is 0.00396. The third kappa shape index (κ3) is 3.53. The van der Waals surface area contributed by atoms with Crippen LogP contribution in [0.25, 0.3) is 0 Å². The van der Waals surface area contributed by atoms with Gasteiger partial charge in [0.1, 0.15) is 5.56 Å². The van der Waals surface area contributed by atoms with Crippen LogP contribution in [0.1, 0.15) is 16.8 Å². The summed E-state index contributed by atoms with van der Waals surface area (Å²) in [5, 5.41) is 14.7. The van der Waals surface area contributed by atoms with Gasteiger partial charge in [0.15, 0.2) is 5.75 Å². The largest absolute Gasteiger partial charge is 0.490 e. The van der Waals surface area contributed by atoms with Gasteiger partial charge >= 0.3 is 11.9 Å². The summed E-state index contributed by atoms with van der Waals surface area (Å²) in [6.07, 6.45) is -4.81. The molecule has 1 aromatic heterocycles. The molecule has 0 aliphatic carbocycles. The van der Waals surface area contributed by atoms with Crippen LogP contribution in [-0.4, -0.2) is 21.8 Å². The van der Waals surface area contributed by atoms with Gasteiger partial charge < -0.3 is 4.74 Å². The molecule has 2 rings (SSSR count). The van der Waals surface area contributed by atoms with E-state index >= 15 is 0 Å². The molecule has 0 amide bonds. The van der Waals surface area contributed by atoms with Crippen molar-refractivity contribution in [3.63, 3.8) is 0 Å². The predicted molar refractivity (Wildman–Crippen MR) is 77.0 cm³/mol. The molecule has 2 aromatic rings. The molecule has 0 aliphatic rings. The molecule has 1 heterocycles. The summed E-state index contributed by atoms with van der Waals surface area (Å²) < 4.78 is 44.1. The maximum Gasteiger partial charge on any atom is 0.421 e. The molecule has 0 radical (unpaired) electrons. The van der Waals surface area contributed by atoms with Crippen LogP contribution in [0.15, 0.2) is 29.1 Å². The van der Waals surface area contributed by atoms with Crippen molar-refractivity contribution in [3.05, 3.63) is 61.6 Å². The van der Waals surface area contributed by atoms with Crippen molar-refractivity contribution in [2.45, 2.75) is 19.6 Å². The Morgan fingerprint density at radius 1 is 1.33 bits per heavy atom. The molecule has 10 heteroatoms. The monoisotopic (exact) mass is 343 g/mol. The molecule has 0 spiro atoms. The zero-order chi connectivity index (χ0) is 18.1. The fourth-order valence-corrected chi connectivity index (χ4v) is 2.13. The first-order valence-corrected chi connectivity index (χ1v) is 6.60. The number of nitro groups is 1. The van der Waals surface area contributed by atoms with E-state index in [9.17, 15) is 28.1 Å². The van der Waals surface area contributed by atoms with Crippen LogP contribution in [0.3, 0.4) is 0 Å². The Hall–Kier alpha value is -2.91. The number of rotatable bonds is 4. The number of aryl methyl sites for hydroxylation is 1. The Bertz CT molecular complexity index is 846. The van der Waals surface area contributed by atoms with E-state index in [1.165, 1.54) is 26.2 Å². The lowest BCUT2D eigenvalue weighted by Gasteiger charge is -2.11. The van der Waals surface area contributed by atoms with Crippen molar-refractivity contribution in [1.82, 2.24) is 9.78 Å². The average Bonchev–Trinajstić information content (AvgIpc) is 2.49. The first-order chi connectivity index (χ1) is 11.1. The normalized spacial score (nSPS) is 11.4. The summed E-state index contributed by atoms with van der Waals surface area (Å²) >= 11 is 0. The molecule has 0 atom stereocenters. The van der Waals surface area contributed by atoms with Gasteiger partial charge in [0.25, 0.3) is 5.56 Å². The second-order valence-electron chi connectivity index (χ2n) is 4.92. The molecule has 0 unspecified atom stereocenters. The summed E-state index contributed by atoms with van der Waals surface area (Å²) in [5.41, 5.74) is -2.75. The molecule has 128 valence electrons. The summed E-state index contributed by atoms with van der Waals surface area (Å²) in [4.78, 5) is 22.2. The highest BCUT2D eigenvalue weighted by Crippen LogP contribution is 2.28. The summed E-state index contributed by atoms with van der Waals surface area (Å²) in [7, 11) is 1.25. The second-order valence-corrected chi connectivity index (χ2v) is 4.92. The summed E-state index contributed by atoms with van der Waals surface area (Å²) in [6.45, 7) is 0.982. The number of alkyl halides is 3. The number of aromatic nitrogens is 2. The fraction of sp³-hybridized carbons (Fsp3) is 0.286. The van der Waals surface area contributed by atoms with Crippen LogP contribution in [-0.2, 0) is 12.7 Å². The zero-order valence-corrected chi connectivity index (χ0v) is 12.6. The van der Waals surface area contributed by atoms with Crippen molar-refractivity contribution in [3.8, 4) is 5.75 Å². The number of nitrogens with zero attached hydrogens (tertiary/aromatic N) is 3. The van der Waals surface area contributed by atoms with Crippen LogP contribution in [0, 0.1) is 17.0 Å². The highest BCUT2D eigenvalue weighted by Gasteiger charge is 2.35. The van der Waals surface area contributed by atoms with Crippen molar-refractivity contribution >= 4 is 5.69 Å². The number of methoxy groups -OCH3 is 1. The van der Waals surface area contributed by atoms with Crippen LogP contribution in [0.5, 0.6) is 5.75 Å². The second kappa shape index (κ2) is 6.30. The van der Waals surface area contributed by atoms with Gasteiger partial charge in [-0.05, 0) is 24.6 Å². The van der Waals surface area contributed by atoms with Gasteiger partial charge in [-0.3, -0.25) is 14.9 Å². The van der Waals surface area contributed by atoms with E-state index in [1.54, 1.807) is 0 Å². The van der Waals surface area contributed by atoms with Gasteiger partial charge in [-0.25, -0.2) is 4.68 Å². The first-order valence-electron chi connectivity index (χ1n) is 6.60. The smallest absolute Gasteiger partial charge is 0.421 e. The minimum atomic E-state index is -4.81. The fourth-order valence-electron chi connectivity index (χ4n) is 2.13. The number of nitro benzene ring substituents is 1. The molecule has 0 fully saturated rings. The van der Waals surface area contributed by atoms with Crippen LogP contribution in [0.4, 0.5) is 18.9 Å². The molecule has 0 saturated carbocycles. The van der Waals surface area contributed by atoms with E-state index in [0.29, 0.717) is 10.7 Å². The number of halogens is 3. The van der Waals surface area contributed by atoms with Gasteiger partial charge in [-0.15, -0.1) is 0 Å². The quantitative estimate of drug-likeness (QED) is 0.629. The summed E-state index contributed by atoms with van der Waals surface area (Å²) in [5.74, 6) is 0.00396. The Morgan fingerprint density at radius 3 is 2.54 bits per heavy atom. The Labute approximate surface area is 133 Å². The number of benzene rings is 1. The third-order valence-corrected chi connectivity index (χ3v) is 3.17. The zero-order valence-electron chi connectivity index (χ0n) is 12.6.